The van der Waals surface area contributed by atoms with Gasteiger partial charge in [-0.3, -0.25) is 4.79 Å². The second kappa shape index (κ2) is 9.00. The van der Waals surface area contributed by atoms with Crippen LogP contribution in [0.5, 0.6) is 0 Å². The van der Waals surface area contributed by atoms with Crippen LogP contribution in [-0.2, 0) is 17.8 Å². The molecule has 0 fully saturated rings. The third-order valence-corrected chi connectivity index (χ3v) is 5.85. The van der Waals surface area contributed by atoms with Crippen molar-refractivity contribution in [1.82, 2.24) is 14.8 Å². The first-order valence-electron chi connectivity index (χ1n) is 8.54. The van der Waals surface area contributed by atoms with E-state index in [9.17, 15) is 4.79 Å². The fourth-order valence-corrected chi connectivity index (χ4v) is 3.94. The standard InChI is InChI=1S/C19H22N4OS2/c1-14(2)15-5-3-6-16(11-15)21-18(24)12-26-19-22-20-13-23(19)9-8-17-7-4-10-25-17/h3-7,10-11,13-14H,8-9,12H2,1-2H3,(H,21,24). The van der Waals surface area contributed by atoms with Gasteiger partial charge in [0.15, 0.2) is 5.16 Å². The molecular formula is C19H22N4OS2. The SMILES string of the molecule is CC(C)c1cccc(NC(=O)CSc2nncn2CCc2cccs2)c1. The van der Waals surface area contributed by atoms with Gasteiger partial charge in [0.05, 0.1) is 5.75 Å². The monoisotopic (exact) mass is 386 g/mol. The smallest absolute Gasteiger partial charge is 0.234 e. The number of hydrogen-bond donors (Lipinski definition) is 1. The topological polar surface area (TPSA) is 59.8 Å². The highest BCUT2D eigenvalue weighted by molar-refractivity contribution is 7.99. The first-order valence-corrected chi connectivity index (χ1v) is 10.4. The molecule has 0 aliphatic rings. The van der Waals surface area contributed by atoms with Gasteiger partial charge in [0, 0.05) is 17.1 Å². The van der Waals surface area contributed by atoms with Crippen molar-refractivity contribution >= 4 is 34.7 Å². The maximum atomic E-state index is 12.3. The Bertz CT molecular complexity index is 843. The Morgan fingerprint density at radius 2 is 2.19 bits per heavy atom. The summed E-state index contributed by atoms with van der Waals surface area (Å²) in [6.45, 7) is 5.09. The number of rotatable bonds is 8. The average Bonchev–Trinajstić information content (AvgIpc) is 3.30. The number of aryl methyl sites for hydroxylation is 2. The van der Waals surface area contributed by atoms with Crippen LogP contribution >= 0.6 is 23.1 Å². The molecule has 3 aromatic rings. The molecule has 26 heavy (non-hydrogen) atoms. The normalized spacial score (nSPS) is 11.0. The van der Waals surface area contributed by atoms with Crippen molar-refractivity contribution in [2.24, 2.45) is 0 Å². The Balaban J connectivity index is 1.52. The molecule has 0 saturated carbocycles. The van der Waals surface area contributed by atoms with Crippen LogP contribution in [0.4, 0.5) is 5.69 Å². The fraction of sp³-hybridized carbons (Fsp3) is 0.316. The second-order valence-corrected chi connectivity index (χ2v) is 8.23. The van der Waals surface area contributed by atoms with E-state index >= 15 is 0 Å². The minimum atomic E-state index is -0.0382. The van der Waals surface area contributed by atoms with E-state index in [4.69, 9.17) is 0 Å². The van der Waals surface area contributed by atoms with Crippen LogP contribution in [0.15, 0.2) is 53.3 Å². The van der Waals surface area contributed by atoms with Crippen LogP contribution in [0.25, 0.3) is 0 Å². The van der Waals surface area contributed by atoms with E-state index in [1.54, 1.807) is 17.7 Å². The predicted molar refractivity (Wildman–Crippen MR) is 108 cm³/mol. The summed E-state index contributed by atoms with van der Waals surface area (Å²) in [6, 6.07) is 12.2. The summed E-state index contributed by atoms with van der Waals surface area (Å²) in [5.74, 6) is 0.704. The molecule has 0 aliphatic carbocycles. The predicted octanol–water partition coefficient (Wildman–Crippen LogP) is 4.44. The first kappa shape index (κ1) is 18.7. The van der Waals surface area contributed by atoms with Gasteiger partial charge in [-0.05, 0) is 41.5 Å². The summed E-state index contributed by atoms with van der Waals surface area (Å²) in [7, 11) is 0. The zero-order chi connectivity index (χ0) is 18.4. The molecule has 5 nitrogen and oxygen atoms in total. The summed E-state index contributed by atoms with van der Waals surface area (Å²) in [5, 5.41) is 13.9. The van der Waals surface area contributed by atoms with Crippen LogP contribution in [0.1, 0.15) is 30.2 Å². The number of carbonyl (C=O) groups excluding carboxylic acids is 1. The molecule has 7 heteroatoms. The van der Waals surface area contributed by atoms with Crippen molar-refractivity contribution in [2.45, 2.75) is 37.9 Å². The molecule has 0 saturated heterocycles. The summed E-state index contributed by atoms with van der Waals surface area (Å²) < 4.78 is 2.00. The molecule has 2 heterocycles. The third kappa shape index (κ3) is 5.19. The van der Waals surface area contributed by atoms with Gasteiger partial charge < -0.3 is 9.88 Å². The molecule has 0 bridgehead atoms. The van der Waals surface area contributed by atoms with Crippen LogP contribution in [-0.4, -0.2) is 26.4 Å². The van der Waals surface area contributed by atoms with Crippen molar-refractivity contribution in [1.29, 1.82) is 0 Å². The van der Waals surface area contributed by atoms with Crippen LogP contribution in [0, 0.1) is 0 Å². The van der Waals surface area contributed by atoms with Gasteiger partial charge in [-0.1, -0.05) is 43.8 Å². The molecule has 2 aromatic heterocycles. The van der Waals surface area contributed by atoms with E-state index in [1.807, 2.05) is 22.8 Å². The van der Waals surface area contributed by atoms with Gasteiger partial charge in [-0.15, -0.1) is 21.5 Å². The Hall–Kier alpha value is -2.12. The Labute approximate surface area is 161 Å². The largest absolute Gasteiger partial charge is 0.325 e. The molecule has 1 amide bonds. The molecule has 0 unspecified atom stereocenters. The number of anilines is 1. The first-order chi connectivity index (χ1) is 12.6. The van der Waals surface area contributed by atoms with Crippen LogP contribution in [0.3, 0.4) is 0 Å². The number of thioether (sulfide) groups is 1. The number of nitrogens with one attached hydrogen (secondary N) is 1. The average molecular weight is 387 g/mol. The van der Waals surface area contributed by atoms with Crippen molar-refractivity contribution in [2.75, 3.05) is 11.1 Å². The van der Waals surface area contributed by atoms with E-state index in [2.05, 4.69) is 52.9 Å². The van der Waals surface area contributed by atoms with Crippen LogP contribution < -0.4 is 5.32 Å². The maximum Gasteiger partial charge on any atom is 0.234 e. The lowest BCUT2D eigenvalue weighted by Crippen LogP contribution is -2.15. The third-order valence-electron chi connectivity index (χ3n) is 3.93. The lowest BCUT2D eigenvalue weighted by Gasteiger charge is -2.09. The Kier molecular flexibility index (Phi) is 6.46. The highest BCUT2D eigenvalue weighted by Gasteiger charge is 2.10. The minimum Gasteiger partial charge on any atom is -0.325 e. The quantitative estimate of drug-likeness (QED) is 0.582. The van der Waals surface area contributed by atoms with E-state index in [-0.39, 0.29) is 5.91 Å². The van der Waals surface area contributed by atoms with Gasteiger partial charge in [-0.25, -0.2) is 0 Å². The number of carbonyl (C=O) groups is 1. The summed E-state index contributed by atoms with van der Waals surface area (Å²) >= 11 is 3.16. The van der Waals surface area contributed by atoms with Gasteiger partial charge >= 0.3 is 0 Å². The molecule has 0 atom stereocenters. The molecular weight excluding hydrogens is 364 g/mol. The van der Waals surface area contributed by atoms with Crippen molar-refractivity contribution < 1.29 is 4.79 Å². The van der Waals surface area contributed by atoms with Gasteiger partial charge in [0.1, 0.15) is 6.33 Å². The molecule has 1 aromatic carbocycles. The van der Waals surface area contributed by atoms with E-state index in [0.717, 1.165) is 23.8 Å². The Morgan fingerprint density at radius 1 is 1.31 bits per heavy atom. The number of benzene rings is 1. The van der Waals surface area contributed by atoms with Crippen LogP contribution in [0.2, 0.25) is 0 Å². The van der Waals surface area contributed by atoms with Gasteiger partial charge in [0.25, 0.3) is 0 Å². The lowest BCUT2D eigenvalue weighted by molar-refractivity contribution is -0.113. The lowest BCUT2D eigenvalue weighted by atomic mass is 10.0. The zero-order valence-corrected chi connectivity index (χ0v) is 16.5. The maximum absolute atomic E-state index is 12.3. The Morgan fingerprint density at radius 3 is 2.96 bits per heavy atom. The number of thiophene rings is 1. The van der Waals surface area contributed by atoms with E-state index < -0.39 is 0 Å². The summed E-state index contributed by atoms with van der Waals surface area (Å²) in [4.78, 5) is 13.6. The van der Waals surface area contributed by atoms with Crippen molar-refractivity contribution in [3.8, 4) is 0 Å². The fourth-order valence-electron chi connectivity index (χ4n) is 2.50. The van der Waals surface area contributed by atoms with Gasteiger partial charge in [0.2, 0.25) is 5.91 Å². The number of amides is 1. The molecule has 1 N–H and O–H groups in total. The molecule has 0 spiro atoms. The number of nitrogens with zero attached hydrogens (tertiary/aromatic N) is 3. The molecule has 0 radical (unpaired) electrons. The number of hydrogen-bond acceptors (Lipinski definition) is 5. The minimum absolute atomic E-state index is 0.0382. The number of aromatic nitrogens is 3. The van der Waals surface area contributed by atoms with Crippen molar-refractivity contribution in [3.63, 3.8) is 0 Å². The highest BCUT2D eigenvalue weighted by atomic mass is 32.2. The van der Waals surface area contributed by atoms with Gasteiger partial charge in [-0.2, -0.15) is 0 Å². The van der Waals surface area contributed by atoms with Crippen molar-refractivity contribution in [3.05, 3.63) is 58.5 Å². The summed E-state index contributed by atoms with van der Waals surface area (Å²) in [5.41, 5.74) is 2.05. The zero-order valence-electron chi connectivity index (χ0n) is 14.9. The molecule has 0 aliphatic heterocycles. The second-order valence-electron chi connectivity index (χ2n) is 6.25. The van der Waals surface area contributed by atoms with E-state index in [1.165, 1.54) is 22.2 Å². The molecule has 3 rings (SSSR count). The highest BCUT2D eigenvalue weighted by Crippen LogP contribution is 2.20. The molecule has 136 valence electrons. The van der Waals surface area contributed by atoms with E-state index in [0.29, 0.717) is 11.7 Å². The summed E-state index contributed by atoms with van der Waals surface area (Å²) in [6.07, 6.45) is 2.66.